The minimum Gasteiger partial charge on any atom is -0.342 e. The monoisotopic (exact) mass is 349 g/mol. The number of pyridine rings is 1. The first-order chi connectivity index (χ1) is 11.0. The van der Waals surface area contributed by atoms with E-state index in [9.17, 15) is 8.42 Å². The summed E-state index contributed by atoms with van der Waals surface area (Å²) in [4.78, 5) is 10.1. The van der Waals surface area contributed by atoms with E-state index in [1.54, 1.807) is 6.20 Å². The van der Waals surface area contributed by atoms with Crippen LogP contribution in [0.15, 0.2) is 18.3 Å². The third-order valence-electron chi connectivity index (χ3n) is 5.23. The first-order valence-corrected chi connectivity index (χ1v) is 10.2. The Morgan fingerprint density at radius 2 is 2.08 bits per heavy atom. The van der Waals surface area contributed by atoms with Crippen LogP contribution < -0.4 is 0 Å². The maximum Gasteiger partial charge on any atom is 0.152 e. The number of nitrogens with zero attached hydrogens (tertiary/aromatic N) is 2. The molecule has 2 aromatic rings. The SMILES string of the molecule is CN(Cc1c(C(C)(C)C)[nH]c2ncccc12)C1(C)CCS(=O)(=O)C1. The maximum atomic E-state index is 11.9. The van der Waals surface area contributed by atoms with E-state index in [0.29, 0.717) is 13.0 Å². The van der Waals surface area contributed by atoms with Crippen molar-refractivity contribution in [2.75, 3.05) is 18.6 Å². The highest BCUT2D eigenvalue weighted by Crippen LogP contribution is 2.35. The van der Waals surface area contributed by atoms with Crippen LogP contribution in [0.1, 0.15) is 45.4 Å². The van der Waals surface area contributed by atoms with Crippen LogP contribution in [0.3, 0.4) is 0 Å². The Hall–Kier alpha value is -1.40. The van der Waals surface area contributed by atoms with Gasteiger partial charge in [0.15, 0.2) is 9.84 Å². The number of aromatic nitrogens is 2. The molecule has 0 bridgehead atoms. The van der Waals surface area contributed by atoms with E-state index < -0.39 is 9.84 Å². The number of fused-ring (bicyclic) bond motifs is 1. The predicted molar refractivity (Wildman–Crippen MR) is 97.9 cm³/mol. The molecule has 3 heterocycles. The van der Waals surface area contributed by atoms with Crippen molar-refractivity contribution in [3.05, 3.63) is 29.6 Å². The van der Waals surface area contributed by atoms with Gasteiger partial charge in [0.2, 0.25) is 0 Å². The smallest absolute Gasteiger partial charge is 0.152 e. The Bertz CT molecular complexity index is 864. The summed E-state index contributed by atoms with van der Waals surface area (Å²) in [6.07, 6.45) is 2.49. The molecule has 1 N–H and O–H groups in total. The van der Waals surface area contributed by atoms with Crippen LogP contribution in [0.4, 0.5) is 0 Å². The van der Waals surface area contributed by atoms with Gasteiger partial charge in [-0.2, -0.15) is 0 Å². The standard InChI is InChI=1S/C18H27N3O2S/c1-17(2,3)15-14(13-7-6-9-19-16(13)20-15)11-21(5)18(4)8-10-24(22,23)12-18/h6-7,9H,8,10-12H2,1-5H3,(H,19,20). The first kappa shape index (κ1) is 17.4. The second-order valence-electron chi connectivity index (χ2n) is 8.32. The van der Waals surface area contributed by atoms with Crippen LogP contribution in [-0.4, -0.2) is 47.4 Å². The lowest BCUT2D eigenvalue weighted by Gasteiger charge is -2.35. The van der Waals surface area contributed by atoms with E-state index in [2.05, 4.69) is 48.6 Å². The van der Waals surface area contributed by atoms with Crippen molar-refractivity contribution < 1.29 is 8.42 Å². The van der Waals surface area contributed by atoms with E-state index in [1.165, 1.54) is 11.3 Å². The number of hydrogen-bond acceptors (Lipinski definition) is 4. The number of H-pyrrole nitrogens is 1. The third-order valence-corrected chi connectivity index (χ3v) is 7.12. The molecule has 3 rings (SSSR count). The summed E-state index contributed by atoms with van der Waals surface area (Å²) in [6.45, 7) is 9.32. The lowest BCUT2D eigenvalue weighted by molar-refractivity contribution is 0.154. The normalized spacial score (nSPS) is 24.1. The number of sulfone groups is 1. The Balaban J connectivity index is 2.00. The lowest BCUT2D eigenvalue weighted by Crippen LogP contribution is -2.44. The number of hydrogen-bond donors (Lipinski definition) is 1. The highest BCUT2D eigenvalue weighted by Gasteiger charge is 2.41. The van der Waals surface area contributed by atoms with E-state index in [0.717, 1.165) is 11.0 Å². The summed E-state index contributed by atoms with van der Waals surface area (Å²) in [5, 5.41) is 1.12. The molecule has 24 heavy (non-hydrogen) atoms. The Morgan fingerprint density at radius 1 is 1.38 bits per heavy atom. The summed E-state index contributed by atoms with van der Waals surface area (Å²) >= 11 is 0. The molecule has 1 saturated heterocycles. The van der Waals surface area contributed by atoms with Gasteiger partial charge in [0.05, 0.1) is 11.5 Å². The Morgan fingerprint density at radius 3 is 2.67 bits per heavy atom. The first-order valence-electron chi connectivity index (χ1n) is 8.40. The zero-order valence-electron chi connectivity index (χ0n) is 15.2. The molecule has 2 aromatic heterocycles. The molecule has 0 aliphatic carbocycles. The van der Waals surface area contributed by atoms with Gasteiger partial charge < -0.3 is 4.98 Å². The zero-order valence-corrected chi connectivity index (χ0v) is 16.0. The van der Waals surface area contributed by atoms with Gasteiger partial charge in [-0.25, -0.2) is 13.4 Å². The summed E-state index contributed by atoms with van der Waals surface area (Å²) in [5.41, 5.74) is 2.96. The fourth-order valence-corrected chi connectivity index (χ4v) is 5.81. The molecule has 0 radical (unpaired) electrons. The molecule has 0 aromatic carbocycles. The van der Waals surface area contributed by atoms with Crippen molar-refractivity contribution in [2.45, 2.75) is 51.6 Å². The third kappa shape index (κ3) is 3.09. The van der Waals surface area contributed by atoms with Gasteiger partial charge in [0.1, 0.15) is 5.65 Å². The molecule has 1 atom stereocenters. The number of nitrogens with one attached hydrogen (secondary N) is 1. The lowest BCUT2D eigenvalue weighted by atomic mass is 9.88. The fourth-order valence-electron chi connectivity index (χ4n) is 3.60. The molecular weight excluding hydrogens is 322 g/mol. The van der Waals surface area contributed by atoms with Crippen molar-refractivity contribution >= 4 is 20.9 Å². The molecule has 1 fully saturated rings. The van der Waals surface area contributed by atoms with E-state index in [1.807, 2.05) is 13.1 Å². The molecule has 0 saturated carbocycles. The molecule has 1 unspecified atom stereocenters. The molecule has 1 aliphatic heterocycles. The quantitative estimate of drug-likeness (QED) is 0.925. The van der Waals surface area contributed by atoms with Gasteiger partial charge in [0.25, 0.3) is 0 Å². The van der Waals surface area contributed by atoms with E-state index in [-0.39, 0.29) is 22.5 Å². The summed E-state index contributed by atoms with van der Waals surface area (Å²) in [7, 11) is -0.890. The second-order valence-corrected chi connectivity index (χ2v) is 10.5. The topological polar surface area (TPSA) is 66.1 Å². The van der Waals surface area contributed by atoms with Gasteiger partial charge in [-0.15, -0.1) is 0 Å². The van der Waals surface area contributed by atoms with Gasteiger partial charge in [-0.1, -0.05) is 20.8 Å². The fraction of sp³-hybridized carbons (Fsp3) is 0.611. The Labute approximate surface area is 144 Å². The van der Waals surface area contributed by atoms with E-state index in [4.69, 9.17) is 0 Å². The molecule has 5 nitrogen and oxygen atoms in total. The molecule has 1 aliphatic rings. The van der Waals surface area contributed by atoms with Gasteiger partial charge in [-0.3, -0.25) is 4.90 Å². The maximum absolute atomic E-state index is 11.9. The Kier molecular flexibility index (Phi) is 4.04. The summed E-state index contributed by atoms with van der Waals surface area (Å²) in [5.74, 6) is 0.525. The number of rotatable bonds is 3. The second kappa shape index (κ2) is 5.56. The highest BCUT2D eigenvalue weighted by molar-refractivity contribution is 7.91. The number of aromatic amines is 1. The predicted octanol–water partition coefficient (Wildman–Crippen LogP) is 2.87. The van der Waals surface area contributed by atoms with Crippen molar-refractivity contribution in [1.29, 1.82) is 0 Å². The van der Waals surface area contributed by atoms with Crippen LogP contribution >= 0.6 is 0 Å². The van der Waals surface area contributed by atoms with Crippen LogP contribution in [0, 0.1) is 0 Å². The molecule has 132 valence electrons. The zero-order chi connectivity index (χ0) is 17.8. The largest absolute Gasteiger partial charge is 0.342 e. The van der Waals surface area contributed by atoms with Crippen molar-refractivity contribution in [3.8, 4) is 0 Å². The average molecular weight is 350 g/mol. The molecular formula is C18H27N3O2S. The van der Waals surface area contributed by atoms with Crippen molar-refractivity contribution in [3.63, 3.8) is 0 Å². The highest BCUT2D eigenvalue weighted by atomic mass is 32.2. The summed E-state index contributed by atoms with van der Waals surface area (Å²) in [6, 6.07) is 4.04. The molecule has 0 amide bonds. The van der Waals surface area contributed by atoms with Crippen LogP contribution in [0.2, 0.25) is 0 Å². The molecule has 0 spiro atoms. The van der Waals surface area contributed by atoms with Crippen molar-refractivity contribution in [1.82, 2.24) is 14.9 Å². The minimum absolute atomic E-state index is 0.0282. The minimum atomic E-state index is -2.92. The van der Waals surface area contributed by atoms with Gasteiger partial charge in [-0.05, 0) is 38.1 Å². The van der Waals surface area contributed by atoms with Crippen LogP contribution in [0.5, 0.6) is 0 Å². The van der Waals surface area contributed by atoms with Crippen molar-refractivity contribution in [2.24, 2.45) is 0 Å². The van der Waals surface area contributed by atoms with E-state index >= 15 is 0 Å². The van der Waals surface area contributed by atoms with Crippen LogP contribution in [0.25, 0.3) is 11.0 Å². The van der Waals surface area contributed by atoms with Gasteiger partial charge >= 0.3 is 0 Å². The summed E-state index contributed by atoms with van der Waals surface area (Å²) < 4.78 is 23.9. The molecule has 6 heteroatoms. The van der Waals surface area contributed by atoms with Gasteiger partial charge in [0, 0.05) is 34.8 Å². The van der Waals surface area contributed by atoms with Crippen LogP contribution in [-0.2, 0) is 21.8 Å². The average Bonchev–Trinajstić information content (AvgIpc) is 2.97.